The minimum absolute atomic E-state index is 0.00184. The molecule has 0 saturated carbocycles. The molecule has 0 aliphatic carbocycles. The van der Waals surface area contributed by atoms with Crippen molar-refractivity contribution in [1.29, 1.82) is 0 Å². The van der Waals surface area contributed by atoms with Gasteiger partial charge >= 0.3 is 0 Å². The first-order chi connectivity index (χ1) is 11.6. The van der Waals surface area contributed by atoms with E-state index < -0.39 is 0 Å². The van der Waals surface area contributed by atoms with Crippen molar-refractivity contribution in [2.75, 3.05) is 25.1 Å². The number of amides is 1. The quantitative estimate of drug-likeness (QED) is 0.921. The summed E-state index contributed by atoms with van der Waals surface area (Å²) in [5.41, 5.74) is 1.32. The molecule has 1 aromatic heterocycles. The number of nitrogens with one attached hydrogen (secondary N) is 1. The third kappa shape index (κ3) is 3.83. The lowest BCUT2D eigenvalue weighted by atomic mass is 10.2. The number of hydrogen-bond acceptors (Lipinski definition) is 5. The molecule has 0 unspecified atom stereocenters. The standard InChI is InChI=1S/C17H19ClN4O2/c1-12-11-24-8-7-22(12)16(23)15-14(18)10-20-17(21-15)19-9-13-5-3-2-4-6-13/h2-6,10,12H,7-9,11H2,1H3,(H,19,20,21)/t12-/m0/s1. The fraction of sp³-hybridized carbons (Fsp3) is 0.353. The van der Waals surface area contributed by atoms with Gasteiger partial charge in [0.15, 0.2) is 5.69 Å². The maximum Gasteiger partial charge on any atom is 0.274 e. The van der Waals surface area contributed by atoms with Crippen LogP contribution in [0.1, 0.15) is 23.0 Å². The number of ether oxygens (including phenoxy) is 1. The number of anilines is 1. The normalized spacial score (nSPS) is 17.6. The lowest BCUT2D eigenvalue weighted by Gasteiger charge is -2.33. The maximum atomic E-state index is 12.7. The van der Waals surface area contributed by atoms with Gasteiger partial charge in [-0.2, -0.15) is 0 Å². The van der Waals surface area contributed by atoms with Gasteiger partial charge in [-0.05, 0) is 12.5 Å². The van der Waals surface area contributed by atoms with Crippen molar-refractivity contribution in [3.63, 3.8) is 0 Å². The molecule has 0 bridgehead atoms. The van der Waals surface area contributed by atoms with E-state index >= 15 is 0 Å². The number of carbonyl (C=O) groups excluding carboxylic acids is 1. The third-order valence-electron chi connectivity index (χ3n) is 3.87. The fourth-order valence-corrected chi connectivity index (χ4v) is 2.72. The molecule has 1 aromatic carbocycles. The molecule has 6 nitrogen and oxygen atoms in total. The first-order valence-corrected chi connectivity index (χ1v) is 8.22. The largest absolute Gasteiger partial charge is 0.377 e. The Bertz CT molecular complexity index is 711. The summed E-state index contributed by atoms with van der Waals surface area (Å²) in [5.74, 6) is 0.188. The topological polar surface area (TPSA) is 67.3 Å². The van der Waals surface area contributed by atoms with Gasteiger partial charge in [-0.25, -0.2) is 9.97 Å². The summed E-state index contributed by atoms with van der Waals surface area (Å²) < 4.78 is 5.37. The van der Waals surface area contributed by atoms with E-state index in [1.165, 1.54) is 6.20 Å². The average molecular weight is 347 g/mol. The zero-order valence-electron chi connectivity index (χ0n) is 13.4. The lowest BCUT2D eigenvalue weighted by Crippen LogP contribution is -2.47. The molecule has 1 fully saturated rings. The third-order valence-corrected chi connectivity index (χ3v) is 4.15. The van der Waals surface area contributed by atoms with Crippen LogP contribution < -0.4 is 5.32 Å². The van der Waals surface area contributed by atoms with Gasteiger partial charge < -0.3 is 15.0 Å². The number of hydrogen-bond donors (Lipinski definition) is 1. The predicted molar refractivity (Wildman–Crippen MR) is 92.1 cm³/mol. The minimum atomic E-state index is -0.194. The molecule has 24 heavy (non-hydrogen) atoms. The van der Waals surface area contributed by atoms with Crippen LogP contribution in [0.4, 0.5) is 5.95 Å². The Hall–Kier alpha value is -2.18. The van der Waals surface area contributed by atoms with Crippen LogP contribution in [0.5, 0.6) is 0 Å². The second-order valence-electron chi connectivity index (χ2n) is 5.65. The van der Waals surface area contributed by atoms with Crippen LogP contribution in [0.2, 0.25) is 5.02 Å². The first-order valence-electron chi connectivity index (χ1n) is 7.84. The van der Waals surface area contributed by atoms with Gasteiger partial charge in [0.05, 0.1) is 30.5 Å². The zero-order chi connectivity index (χ0) is 16.9. The zero-order valence-corrected chi connectivity index (χ0v) is 14.2. The van der Waals surface area contributed by atoms with Crippen molar-refractivity contribution < 1.29 is 9.53 Å². The molecule has 1 aliphatic rings. The highest BCUT2D eigenvalue weighted by Crippen LogP contribution is 2.19. The number of rotatable bonds is 4. The Balaban J connectivity index is 1.74. The highest BCUT2D eigenvalue weighted by Gasteiger charge is 2.27. The van der Waals surface area contributed by atoms with E-state index in [1.54, 1.807) is 4.90 Å². The smallest absolute Gasteiger partial charge is 0.274 e. The van der Waals surface area contributed by atoms with E-state index in [-0.39, 0.29) is 22.7 Å². The maximum absolute atomic E-state index is 12.7. The van der Waals surface area contributed by atoms with E-state index in [0.29, 0.717) is 32.3 Å². The number of nitrogens with zero attached hydrogens (tertiary/aromatic N) is 3. The molecule has 0 spiro atoms. The van der Waals surface area contributed by atoms with Gasteiger partial charge in [-0.1, -0.05) is 41.9 Å². The van der Waals surface area contributed by atoms with Gasteiger partial charge in [0.1, 0.15) is 0 Å². The molecule has 126 valence electrons. The lowest BCUT2D eigenvalue weighted by molar-refractivity contribution is 0.00328. The Kier molecular flexibility index (Phi) is 5.27. The SMILES string of the molecule is C[C@H]1COCCN1C(=O)c1nc(NCc2ccccc2)ncc1Cl. The summed E-state index contributed by atoms with van der Waals surface area (Å²) in [5, 5.41) is 3.37. The van der Waals surface area contributed by atoms with E-state index in [2.05, 4.69) is 15.3 Å². The molecule has 1 amide bonds. The Morgan fingerprint density at radius 2 is 2.21 bits per heavy atom. The summed E-state index contributed by atoms with van der Waals surface area (Å²) in [4.78, 5) is 22.9. The second kappa shape index (κ2) is 7.59. The molecule has 7 heteroatoms. The van der Waals surface area contributed by atoms with Gasteiger partial charge in [-0.15, -0.1) is 0 Å². The number of morpholine rings is 1. The van der Waals surface area contributed by atoms with Crippen molar-refractivity contribution in [2.45, 2.75) is 19.5 Å². The van der Waals surface area contributed by atoms with Crippen LogP contribution in [0.15, 0.2) is 36.5 Å². The summed E-state index contributed by atoms with van der Waals surface area (Å²) in [6.45, 7) is 4.10. The van der Waals surface area contributed by atoms with Gasteiger partial charge in [0, 0.05) is 13.1 Å². The number of carbonyl (C=O) groups is 1. The van der Waals surface area contributed by atoms with E-state index in [9.17, 15) is 4.79 Å². The van der Waals surface area contributed by atoms with Crippen molar-refractivity contribution in [1.82, 2.24) is 14.9 Å². The van der Waals surface area contributed by atoms with Crippen molar-refractivity contribution in [3.05, 3.63) is 52.8 Å². The van der Waals surface area contributed by atoms with Crippen LogP contribution in [-0.2, 0) is 11.3 Å². The molecular weight excluding hydrogens is 328 g/mol. The van der Waals surface area contributed by atoms with Crippen LogP contribution in [0.25, 0.3) is 0 Å². The number of benzene rings is 1. The van der Waals surface area contributed by atoms with Crippen molar-refractivity contribution in [2.24, 2.45) is 0 Å². The minimum Gasteiger partial charge on any atom is -0.377 e. The van der Waals surface area contributed by atoms with Gasteiger partial charge in [0.25, 0.3) is 5.91 Å². The molecule has 1 atom stereocenters. The van der Waals surface area contributed by atoms with E-state index in [0.717, 1.165) is 5.56 Å². The van der Waals surface area contributed by atoms with Crippen LogP contribution in [0.3, 0.4) is 0 Å². The first kappa shape index (κ1) is 16.7. The second-order valence-corrected chi connectivity index (χ2v) is 6.06. The molecule has 1 saturated heterocycles. The molecule has 3 rings (SSSR count). The molecule has 1 aliphatic heterocycles. The van der Waals surface area contributed by atoms with Crippen LogP contribution >= 0.6 is 11.6 Å². The van der Waals surface area contributed by atoms with Gasteiger partial charge in [0.2, 0.25) is 5.95 Å². The summed E-state index contributed by atoms with van der Waals surface area (Å²) in [6.07, 6.45) is 1.46. The average Bonchev–Trinajstić information content (AvgIpc) is 2.62. The molecule has 0 radical (unpaired) electrons. The fourth-order valence-electron chi connectivity index (χ4n) is 2.54. The Morgan fingerprint density at radius 1 is 1.42 bits per heavy atom. The summed E-state index contributed by atoms with van der Waals surface area (Å²) in [6, 6.07) is 9.90. The Labute approximate surface area is 145 Å². The Morgan fingerprint density at radius 3 is 2.96 bits per heavy atom. The van der Waals surface area contributed by atoms with Crippen LogP contribution in [0, 0.1) is 0 Å². The van der Waals surface area contributed by atoms with E-state index in [4.69, 9.17) is 16.3 Å². The highest BCUT2D eigenvalue weighted by atomic mass is 35.5. The summed E-state index contributed by atoms with van der Waals surface area (Å²) in [7, 11) is 0. The van der Waals surface area contributed by atoms with Crippen molar-refractivity contribution >= 4 is 23.5 Å². The molecular formula is C17H19ClN4O2. The summed E-state index contributed by atoms with van der Waals surface area (Å²) >= 11 is 6.14. The van der Waals surface area contributed by atoms with Crippen LogP contribution in [-0.4, -0.2) is 46.6 Å². The molecule has 2 aromatic rings. The monoisotopic (exact) mass is 346 g/mol. The highest BCUT2D eigenvalue weighted by molar-refractivity contribution is 6.33. The molecule has 1 N–H and O–H groups in total. The number of halogens is 1. The van der Waals surface area contributed by atoms with E-state index in [1.807, 2.05) is 37.3 Å². The predicted octanol–water partition coefficient (Wildman–Crippen LogP) is 2.60. The van der Waals surface area contributed by atoms with Crippen molar-refractivity contribution in [3.8, 4) is 0 Å². The molecule has 2 heterocycles. The van der Waals surface area contributed by atoms with Gasteiger partial charge in [-0.3, -0.25) is 4.79 Å². The number of aromatic nitrogens is 2.